The molecule has 5 rings (SSSR count). The number of rotatable bonds is 4. The third kappa shape index (κ3) is 4.61. The maximum Gasteiger partial charge on any atom is 0.351 e. The Morgan fingerprint density at radius 3 is 2.03 bits per heavy atom. The first-order valence-corrected chi connectivity index (χ1v) is 10.7. The molecule has 0 aliphatic carbocycles. The number of fused-ring (bicyclic) bond motifs is 1. The van der Waals surface area contributed by atoms with Crippen molar-refractivity contribution in [3.63, 3.8) is 0 Å². The van der Waals surface area contributed by atoms with Gasteiger partial charge in [-0.2, -0.15) is 4.98 Å². The predicted molar refractivity (Wildman–Crippen MR) is 117 cm³/mol. The van der Waals surface area contributed by atoms with Crippen LogP contribution in [0.3, 0.4) is 0 Å². The van der Waals surface area contributed by atoms with Crippen LogP contribution in [-0.4, -0.2) is 110 Å². The third-order valence-electron chi connectivity index (χ3n) is 5.80. The molecule has 5 heterocycles. The number of nitrogen functional groups attached to an aromatic ring is 1. The zero-order valence-corrected chi connectivity index (χ0v) is 18.5. The van der Waals surface area contributed by atoms with Crippen molar-refractivity contribution in [3.8, 4) is 0 Å². The quantitative estimate of drug-likeness (QED) is 0.163. The molecular weight excluding hydrogens is 486 g/mol. The van der Waals surface area contributed by atoms with E-state index in [0.717, 1.165) is 4.57 Å². The Morgan fingerprint density at radius 2 is 1.50 bits per heavy atom. The summed E-state index contributed by atoms with van der Waals surface area (Å²) in [5.74, 6) is 0.0537. The second-order valence-corrected chi connectivity index (χ2v) is 8.06. The summed E-state index contributed by atoms with van der Waals surface area (Å²) in [5, 5.41) is 56.8. The molecule has 0 unspecified atom stereocenters. The molecule has 3 aromatic rings. The molecular formula is C19H25N7O10. The van der Waals surface area contributed by atoms with Crippen molar-refractivity contribution in [3.05, 3.63) is 45.8 Å². The number of aromatic nitrogens is 6. The minimum atomic E-state index is -1.31. The Morgan fingerprint density at radius 1 is 0.917 bits per heavy atom. The van der Waals surface area contributed by atoms with Crippen LogP contribution in [0.1, 0.15) is 12.5 Å². The Hall–Kier alpha value is -3.29. The summed E-state index contributed by atoms with van der Waals surface area (Å²) in [6.07, 6.45) is -5.05. The van der Waals surface area contributed by atoms with E-state index in [9.17, 15) is 30.0 Å². The number of hydrogen-bond acceptors (Lipinski definition) is 14. The van der Waals surface area contributed by atoms with Crippen molar-refractivity contribution >= 4 is 17.0 Å². The average molecular weight is 511 g/mol. The van der Waals surface area contributed by atoms with Crippen LogP contribution in [0.15, 0.2) is 34.5 Å². The Labute approximate surface area is 200 Å². The van der Waals surface area contributed by atoms with Crippen LogP contribution in [0.2, 0.25) is 0 Å². The molecule has 0 spiro atoms. The van der Waals surface area contributed by atoms with Gasteiger partial charge in [-0.25, -0.2) is 14.8 Å². The largest absolute Gasteiger partial charge is 0.394 e. The summed E-state index contributed by atoms with van der Waals surface area (Å²) in [6, 6.07) is 1.37. The predicted octanol–water partition coefficient (Wildman–Crippen LogP) is -4.83. The summed E-state index contributed by atoms with van der Waals surface area (Å²) >= 11 is 0. The molecule has 2 fully saturated rings. The number of nitrogens with zero attached hydrogens (tertiary/aromatic N) is 5. The topological polar surface area (TPSA) is 264 Å². The number of aliphatic hydroxyl groups excluding tert-OH is 6. The number of hydrogen-bond donors (Lipinski definition) is 8. The first-order valence-electron chi connectivity index (χ1n) is 10.7. The summed E-state index contributed by atoms with van der Waals surface area (Å²) in [4.78, 5) is 36.7. The lowest BCUT2D eigenvalue weighted by Gasteiger charge is -2.16. The molecule has 0 aromatic carbocycles. The van der Waals surface area contributed by atoms with E-state index in [2.05, 4.69) is 19.9 Å². The van der Waals surface area contributed by atoms with E-state index in [1.54, 1.807) is 0 Å². The van der Waals surface area contributed by atoms with Crippen LogP contribution in [0.5, 0.6) is 0 Å². The number of aromatic amines is 1. The summed E-state index contributed by atoms with van der Waals surface area (Å²) in [7, 11) is 0. The van der Waals surface area contributed by atoms with Gasteiger partial charge in [0.15, 0.2) is 23.6 Å². The SMILES string of the molecule is Nc1ccn([C@@H]2O[C@H](CO)[C@@H](O)[C@H]2O)c(=O)n1.O=c1[nH]cnc2c1ncn2[C@@H]1O[C@H](CO)[C@@H](O)[C@H]1O. The van der Waals surface area contributed by atoms with E-state index < -0.39 is 73.5 Å². The standard InChI is InChI=1S/C10H12N4O5.C9H13N3O5/c15-1-4-6(16)7(17)10(19-4)14-3-13-5-8(14)11-2-12-9(5)18;10-5-1-2-12(9(16)11-5)8-7(15)6(14)4(3-13)17-8/h2-4,6-7,10,15-17H,1H2,(H,11,12,18);1-2,4,6-8,13-15H,3H2,(H2,10,11,16)/t4-,6-,7-,10-;4-,6-,7-,8-/m11/s1. The monoisotopic (exact) mass is 511 g/mol. The molecule has 2 aliphatic rings. The van der Waals surface area contributed by atoms with Crippen LogP contribution >= 0.6 is 0 Å². The molecule has 0 bridgehead atoms. The third-order valence-corrected chi connectivity index (χ3v) is 5.80. The molecule has 17 heteroatoms. The first-order chi connectivity index (χ1) is 17.2. The van der Waals surface area contributed by atoms with Gasteiger partial charge in [-0.05, 0) is 6.07 Å². The van der Waals surface area contributed by atoms with E-state index in [1.807, 2.05) is 0 Å². The van der Waals surface area contributed by atoms with E-state index in [0.29, 0.717) is 0 Å². The number of H-pyrrole nitrogens is 1. The van der Waals surface area contributed by atoms with Gasteiger partial charge in [0.25, 0.3) is 5.56 Å². The molecule has 2 aliphatic heterocycles. The van der Waals surface area contributed by atoms with Crippen LogP contribution < -0.4 is 17.0 Å². The fourth-order valence-corrected chi connectivity index (χ4v) is 3.89. The summed E-state index contributed by atoms with van der Waals surface area (Å²) in [6.45, 7) is -0.874. The molecule has 3 aromatic heterocycles. The van der Waals surface area contributed by atoms with Gasteiger partial charge in [0, 0.05) is 6.20 Å². The van der Waals surface area contributed by atoms with Crippen molar-refractivity contribution < 1.29 is 40.1 Å². The smallest absolute Gasteiger partial charge is 0.351 e. The lowest BCUT2D eigenvalue weighted by atomic mass is 10.1. The summed E-state index contributed by atoms with van der Waals surface area (Å²) in [5.41, 5.74) is 4.57. The Bertz CT molecular complexity index is 1310. The molecule has 17 nitrogen and oxygen atoms in total. The highest BCUT2D eigenvalue weighted by Gasteiger charge is 2.44. The van der Waals surface area contributed by atoms with Gasteiger partial charge in [0.05, 0.1) is 25.9 Å². The van der Waals surface area contributed by atoms with Crippen molar-refractivity contribution in [2.24, 2.45) is 0 Å². The number of aliphatic hydroxyl groups is 6. The molecule has 9 N–H and O–H groups in total. The zero-order chi connectivity index (χ0) is 26.1. The second kappa shape index (κ2) is 10.4. The Balaban J connectivity index is 0.000000170. The van der Waals surface area contributed by atoms with Crippen LogP contribution in [0, 0.1) is 0 Å². The van der Waals surface area contributed by atoms with Crippen molar-refractivity contribution in [2.45, 2.75) is 49.1 Å². The number of imidazole rings is 1. The average Bonchev–Trinajstić information content (AvgIpc) is 3.50. The van der Waals surface area contributed by atoms with Gasteiger partial charge >= 0.3 is 5.69 Å². The van der Waals surface area contributed by atoms with Crippen LogP contribution in [0.4, 0.5) is 5.82 Å². The van der Waals surface area contributed by atoms with Crippen molar-refractivity contribution in [1.29, 1.82) is 0 Å². The molecule has 0 saturated carbocycles. The van der Waals surface area contributed by atoms with Crippen LogP contribution in [-0.2, 0) is 9.47 Å². The molecule has 8 atom stereocenters. The maximum absolute atomic E-state index is 11.5. The molecule has 0 radical (unpaired) electrons. The first kappa shape index (κ1) is 25.8. The number of nitrogens with two attached hydrogens (primary N) is 1. The van der Waals surface area contributed by atoms with Gasteiger partial charge in [0.1, 0.15) is 42.4 Å². The van der Waals surface area contributed by atoms with E-state index >= 15 is 0 Å². The highest BCUT2D eigenvalue weighted by molar-refractivity contribution is 5.68. The molecule has 36 heavy (non-hydrogen) atoms. The number of anilines is 1. The highest BCUT2D eigenvalue weighted by Crippen LogP contribution is 2.30. The number of nitrogens with one attached hydrogen (secondary N) is 1. The fourth-order valence-electron chi connectivity index (χ4n) is 3.89. The van der Waals surface area contributed by atoms with Gasteiger partial charge < -0.3 is 50.8 Å². The van der Waals surface area contributed by atoms with E-state index in [4.69, 9.17) is 25.4 Å². The zero-order valence-electron chi connectivity index (χ0n) is 18.5. The second-order valence-electron chi connectivity index (χ2n) is 8.06. The van der Waals surface area contributed by atoms with Gasteiger partial charge in [-0.1, -0.05) is 0 Å². The minimum absolute atomic E-state index is 0.0537. The van der Waals surface area contributed by atoms with E-state index in [1.165, 1.54) is 29.5 Å². The normalized spacial score (nSPS) is 31.9. The lowest BCUT2D eigenvalue weighted by Crippen LogP contribution is -2.36. The van der Waals surface area contributed by atoms with Gasteiger partial charge in [-0.15, -0.1) is 0 Å². The van der Waals surface area contributed by atoms with Crippen molar-refractivity contribution in [2.75, 3.05) is 18.9 Å². The van der Waals surface area contributed by atoms with Gasteiger partial charge in [-0.3, -0.25) is 13.9 Å². The maximum atomic E-state index is 11.5. The molecule has 2 saturated heterocycles. The Kier molecular flexibility index (Phi) is 7.43. The number of ether oxygens (including phenoxy) is 2. The molecule has 0 amide bonds. The van der Waals surface area contributed by atoms with E-state index in [-0.39, 0.29) is 17.0 Å². The van der Waals surface area contributed by atoms with Crippen LogP contribution in [0.25, 0.3) is 11.2 Å². The lowest BCUT2D eigenvalue weighted by molar-refractivity contribution is -0.0549. The molecule has 196 valence electrons. The van der Waals surface area contributed by atoms with Gasteiger partial charge in [0.2, 0.25) is 0 Å². The van der Waals surface area contributed by atoms with Crippen molar-refractivity contribution in [1.82, 2.24) is 29.1 Å². The fraction of sp³-hybridized carbons (Fsp3) is 0.526. The minimum Gasteiger partial charge on any atom is -0.394 e. The highest BCUT2D eigenvalue weighted by atomic mass is 16.6. The summed E-state index contributed by atoms with van der Waals surface area (Å²) < 4.78 is 12.9.